The highest BCUT2D eigenvalue weighted by molar-refractivity contribution is 7.86. The number of nitrogens with zero attached hydrogens (tertiary/aromatic N) is 2. The number of aromatic hydroxyl groups is 1. The van der Waals surface area contributed by atoms with Crippen LogP contribution < -0.4 is 0 Å². The van der Waals surface area contributed by atoms with Gasteiger partial charge < -0.3 is 5.11 Å². The maximum atomic E-state index is 11.3. The van der Waals surface area contributed by atoms with Gasteiger partial charge in [0, 0.05) is 6.07 Å². The summed E-state index contributed by atoms with van der Waals surface area (Å²) in [7, 11) is -10.2. The van der Waals surface area contributed by atoms with Crippen LogP contribution in [0.3, 0.4) is 0 Å². The van der Waals surface area contributed by atoms with E-state index in [0.717, 1.165) is 0 Å². The Hall–Kier alpha value is -2.88. The van der Waals surface area contributed by atoms with Gasteiger partial charge in [0.1, 0.15) is 10.3 Å². The van der Waals surface area contributed by atoms with Gasteiger partial charge in [0.25, 0.3) is 15.8 Å². The average molecular weight is 394 g/mol. The van der Waals surface area contributed by atoms with E-state index >= 15 is 0 Å². The van der Waals surface area contributed by atoms with Crippen molar-refractivity contribution in [2.75, 3.05) is 0 Å². The molecule has 0 amide bonds. The molecule has 0 heterocycles. The molecule has 0 atom stereocenters. The summed E-state index contributed by atoms with van der Waals surface area (Å²) in [6.45, 7) is 0. The Morgan fingerprint density at radius 1 is 0.880 bits per heavy atom. The van der Waals surface area contributed by atoms with E-state index in [1.165, 1.54) is 0 Å². The standard InChI is InChI=1S/C10H6N2O11S2/c13-10-8-4(2-7(25(21,22)23)9(10)12(16)17)1-5(24(18,19)20)3-6(8)11(14)15/h1-3,13H,(H,18,19,20)(H,21,22,23). The molecule has 0 spiro atoms. The molecule has 3 N–H and O–H groups in total. The zero-order chi connectivity index (χ0) is 19.3. The van der Waals surface area contributed by atoms with Crippen LogP contribution in [0, 0.1) is 20.2 Å². The highest BCUT2D eigenvalue weighted by atomic mass is 32.2. The van der Waals surface area contributed by atoms with Crippen molar-refractivity contribution in [2.45, 2.75) is 9.79 Å². The van der Waals surface area contributed by atoms with Gasteiger partial charge in [-0.15, -0.1) is 0 Å². The number of rotatable bonds is 4. The lowest BCUT2D eigenvalue weighted by Gasteiger charge is -2.08. The topological polar surface area (TPSA) is 215 Å². The number of hydrogen-bond acceptors (Lipinski definition) is 9. The molecule has 2 aromatic rings. The molecule has 0 aliphatic heterocycles. The minimum absolute atomic E-state index is 0.328. The monoisotopic (exact) mass is 394 g/mol. The Labute approximate surface area is 137 Å². The highest BCUT2D eigenvalue weighted by Gasteiger charge is 2.34. The molecule has 0 saturated carbocycles. The first-order valence-electron chi connectivity index (χ1n) is 5.82. The number of benzene rings is 2. The number of nitro groups is 2. The van der Waals surface area contributed by atoms with E-state index in [2.05, 4.69) is 0 Å². The summed E-state index contributed by atoms with van der Waals surface area (Å²) < 4.78 is 63.0. The van der Waals surface area contributed by atoms with Crippen LogP contribution in [0.15, 0.2) is 28.0 Å². The Kier molecular flexibility index (Phi) is 4.12. The lowest BCUT2D eigenvalue weighted by molar-refractivity contribution is -0.389. The van der Waals surface area contributed by atoms with Crippen molar-refractivity contribution < 1.29 is 40.9 Å². The van der Waals surface area contributed by atoms with E-state index < -0.39 is 67.8 Å². The number of nitro benzene ring substituents is 2. The smallest absolute Gasteiger partial charge is 0.332 e. The van der Waals surface area contributed by atoms with Crippen LogP contribution in [0.1, 0.15) is 0 Å². The molecule has 0 unspecified atom stereocenters. The van der Waals surface area contributed by atoms with Gasteiger partial charge in [-0.25, -0.2) is 0 Å². The van der Waals surface area contributed by atoms with Gasteiger partial charge in [-0.3, -0.25) is 29.3 Å². The maximum absolute atomic E-state index is 11.3. The Bertz CT molecular complexity index is 1150. The van der Waals surface area contributed by atoms with E-state index in [-0.39, 0.29) is 0 Å². The first-order valence-corrected chi connectivity index (χ1v) is 8.70. The van der Waals surface area contributed by atoms with Crippen molar-refractivity contribution in [1.29, 1.82) is 0 Å². The van der Waals surface area contributed by atoms with Crippen molar-refractivity contribution >= 4 is 42.4 Å². The third kappa shape index (κ3) is 3.20. The van der Waals surface area contributed by atoms with Crippen LogP contribution in [-0.2, 0) is 20.2 Å². The third-order valence-electron chi connectivity index (χ3n) is 3.06. The second-order valence-electron chi connectivity index (χ2n) is 4.58. The molecule has 2 rings (SSSR count). The summed E-state index contributed by atoms with van der Waals surface area (Å²) in [6.07, 6.45) is 0. The van der Waals surface area contributed by atoms with E-state index in [4.69, 9.17) is 9.11 Å². The lowest BCUT2D eigenvalue weighted by atomic mass is 10.1. The zero-order valence-corrected chi connectivity index (χ0v) is 13.2. The number of hydrogen-bond donors (Lipinski definition) is 3. The van der Waals surface area contributed by atoms with Crippen LogP contribution in [0.4, 0.5) is 11.4 Å². The summed E-state index contributed by atoms with van der Waals surface area (Å²) in [6, 6.07) is 1.23. The van der Waals surface area contributed by atoms with Crippen molar-refractivity contribution in [3.8, 4) is 5.75 Å². The fourth-order valence-electron chi connectivity index (χ4n) is 2.10. The molecule has 15 heteroatoms. The molecule has 0 bridgehead atoms. The van der Waals surface area contributed by atoms with E-state index in [9.17, 15) is 42.2 Å². The van der Waals surface area contributed by atoms with Gasteiger partial charge in [-0.2, -0.15) is 16.8 Å². The minimum Gasteiger partial charge on any atom is -0.501 e. The molecule has 0 aliphatic rings. The summed E-state index contributed by atoms with van der Waals surface area (Å²) >= 11 is 0. The molecular weight excluding hydrogens is 388 g/mol. The molecule has 0 aromatic heterocycles. The molecular formula is C10H6N2O11S2. The predicted octanol–water partition coefficient (Wildman–Crippen LogP) is 0.855. The molecule has 0 radical (unpaired) electrons. The molecule has 13 nitrogen and oxygen atoms in total. The van der Waals surface area contributed by atoms with Gasteiger partial charge in [0.15, 0.2) is 4.90 Å². The quantitative estimate of drug-likeness (QED) is 0.375. The van der Waals surface area contributed by atoms with Crippen molar-refractivity contribution in [3.63, 3.8) is 0 Å². The third-order valence-corrected chi connectivity index (χ3v) is 4.76. The van der Waals surface area contributed by atoms with Gasteiger partial charge in [0.05, 0.1) is 9.85 Å². The molecule has 0 aliphatic carbocycles. The van der Waals surface area contributed by atoms with Crippen LogP contribution in [0.25, 0.3) is 10.8 Å². The van der Waals surface area contributed by atoms with Crippen LogP contribution in [0.2, 0.25) is 0 Å². The number of phenols is 1. The fraction of sp³-hybridized carbons (Fsp3) is 0. The maximum Gasteiger partial charge on any atom is 0.332 e. The van der Waals surface area contributed by atoms with Gasteiger partial charge >= 0.3 is 15.8 Å². The van der Waals surface area contributed by atoms with Crippen molar-refractivity contribution in [2.24, 2.45) is 0 Å². The van der Waals surface area contributed by atoms with Crippen LogP contribution in [0.5, 0.6) is 5.75 Å². The van der Waals surface area contributed by atoms with Crippen molar-refractivity contribution in [3.05, 3.63) is 38.4 Å². The predicted molar refractivity (Wildman–Crippen MR) is 78.6 cm³/mol. The van der Waals surface area contributed by atoms with Gasteiger partial charge in [-0.05, 0) is 17.5 Å². The van der Waals surface area contributed by atoms with Gasteiger partial charge in [-0.1, -0.05) is 0 Å². The summed E-state index contributed by atoms with van der Waals surface area (Å²) in [5.74, 6) is -1.47. The van der Waals surface area contributed by atoms with E-state index in [0.29, 0.717) is 18.2 Å². The largest absolute Gasteiger partial charge is 0.501 e. The molecule has 134 valence electrons. The summed E-state index contributed by atoms with van der Waals surface area (Å²) in [5.41, 5.74) is -2.68. The Balaban J connectivity index is 3.20. The minimum atomic E-state index is -5.26. The number of non-ortho nitro benzene ring substituents is 1. The summed E-state index contributed by atoms with van der Waals surface area (Å²) in [4.78, 5) is 17.1. The first-order chi connectivity index (χ1) is 11.2. The van der Waals surface area contributed by atoms with Gasteiger partial charge in [0.2, 0.25) is 5.75 Å². The molecule has 0 saturated heterocycles. The molecule has 2 aromatic carbocycles. The van der Waals surface area contributed by atoms with E-state index in [1.807, 2.05) is 0 Å². The SMILES string of the molecule is O=[N+]([O-])c1c(S(=O)(=O)O)cc2cc(S(=O)(=O)O)cc([N+](=O)[O-])c2c1O. The lowest BCUT2D eigenvalue weighted by Crippen LogP contribution is -2.06. The number of phenolic OH excluding ortho intramolecular Hbond substituents is 1. The Morgan fingerprint density at radius 3 is 1.84 bits per heavy atom. The number of fused-ring (bicyclic) bond motifs is 1. The zero-order valence-electron chi connectivity index (χ0n) is 11.6. The van der Waals surface area contributed by atoms with Crippen LogP contribution in [-0.4, -0.2) is 40.9 Å². The normalized spacial score (nSPS) is 12.2. The second kappa shape index (κ2) is 5.59. The van der Waals surface area contributed by atoms with Crippen LogP contribution >= 0.6 is 0 Å². The first kappa shape index (κ1) is 18.5. The molecule has 0 fully saturated rings. The highest BCUT2D eigenvalue weighted by Crippen LogP contribution is 2.44. The Morgan fingerprint density at radius 2 is 1.44 bits per heavy atom. The molecule has 25 heavy (non-hydrogen) atoms. The summed E-state index contributed by atoms with van der Waals surface area (Å²) in [5, 5.41) is 30.5. The second-order valence-corrected chi connectivity index (χ2v) is 7.39. The van der Waals surface area contributed by atoms with Crippen molar-refractivity contribution in [1.82, 2.24) is 0 Å². The fourth-order valence-corrected chi connectivity index (χ4v) is 3.33. The van der Waals surface area contributed by atoms with E-state index in [1.54, 1.807) is 0 Å². The average Bonchev–Trinajstić information content (AvgIpc) is 2.43.